The molecule has 0 unspecified atom stereocenters. The summed E-state index contributed by atoms with van der Waals surface area (Å²) in [5.41, 5.74) is 5.34. The maximum Gasteiger partial charge on any atom is 0.212 e. The minimum Gasteiger partial charge on any atom is -0.329 e. The first-order valence-electron chi connectivity index (χ1n) is 5.73. The van der Waals surface area contributed by atoms with Gasteiger partial charge in [0, 0.05) is 13.1 Å². The standard InChI is InChI=1S/C10H23N3O2S/c1-10(3-6-13(2)7-4-10)9-12-16(14,15)8-5-11/h12H,3-9,11H2,1-2H3. The maximum absolute atomic E-state index is 11.5. The molecule has 16 heavy (non-hydrogen) atoms. The van der Waals surface area contributed by atoms with Crippen molar-refractivity contribution in [3.8, 4) is 0 Å². The molecule has 1 saturated heterocycles. The van der Waals surface area contributed by atoms with Gasteiger partial charge in [0.1, 0.15) is 0 Å². The fourth-order valence-corrected chi connectivity index (χ4v) is 2.87. The zero-order chi connectivity index (χ0) is 12.2. The molecule has 0 saturated carbocycles. The quantitative estimate of drug-likeness (QED) is 0.695. The molecule has 0 atom stereocenters. The van der Waals surface area contributed by atoms with E-state index in [1.807, 2.05) is 0 Å². The molecule has 3 N–H and O–H groups in total. The van der Waals surface area contributed by atoms with Crippen molar-refractivity contribution in [2.45, 2.75) is 19.8 Å². The van der Waals surface area contributed by atoms with Crippen molar-refractivity contribution in [1.82, 2.24) is 9.62 Å². The number of rotatable bonds is 5. The third-order valence-electron chi connectivity index (χ3n) is 3.30. The molecular weight excluding hydrogens is 226 g/mol. The van der Waals surface area contributed by atoms with Crippen molar-refractivity contribution in [3.05, 3.63) is 0 Å². The minimum absolute atomic E-state index is 0.0168. The number of nitrogens with zero attached hydrogens (tertiary/aromatic N) is 1. The zero-order valence-corrected chi connectivity index (χ0v) is 11.0. The van der Waals surface area contributed by atoms with Crippen molar-refractivity contribution < 1.29 is 8.42 Å². The van der Waals surface area contributed by atoms with Crippen LogP contribution in [0.4, 0.5) is 0 Å². The van der Waals surface area contributed by atoms with Gasteiger partial charge >= 0.3 is 0 Å². The number of nitrogens with one attached hydrogen (secondary N) is 1. The van der Waals surface area contributed by atoms with E-state index in [-0.39, 0.29) is 17.7 Å². The molecule has 0 aromatic carbocycles. The lowest BCUT2D eigenvalue weighted by atomic mass is 9.81. The van der Waals surface area contributed by atoms with Gasteiger partial charge in [0.25, 0.3) is 0 Å². The predicted molar refractivity (Wildman–Crippen MR) is 65.7 cm³/mol. The van der Waals surface area contributed by atoms with Gasteiger partial charge in [-0.15, -0.1) is 0 Å². The Kier molecular flexibility index (Phi) is 4.73. The van der Waals surface area contributed by atoms with Crippen molar-refractivity contribution in [2.24, 2.45) is 11.1 Å². The van der Waals surface area contributed by atoms with E-state index < -0.39 is 10.0 Å². The monoisotopic (exact) mass is 249 g/mol. The van der Waals surface area contributed by atoms with Crippen molar-refractivity contribution >= 4 is 10.0 Å². The summed E-state index contributed by atoms with van der Waals surface area (Å²) in [6.07, 6.45) is 2.07. The second-order valence-electron chi connectivity index (χ2n) is 5.04. The van der Waals surface area contributed by atoms with Crippen molar-refractivity contribution in [1.29, 1.82) is 0 Å². The second kappa shape index (κ2) is 5.44. The molecule has 96 valence electrons. The SMILES string of the molecule is CN1CCC(C)(CNS(=O)(=O)CCN)CC1. The predicted octanol–water partition coefficient (Wildman–Crippen LogP) is -0.404. The second-order valence-corrected chi connectivity index (χ2v) is 6.97. The third kappa shape index (κ3) is 4.37. The van der Waals surface area contributed by atoms with Crippen LogP contribution in [0, 0.1) is 5.41 Å². The molecule has 0 amide bonds. The van der Waals surface area contributed by atoms with Gasteiger partial charge in [-0.1, -0.05) is 6.92 Å². The topological polar surface area (TPSA) is 75.4 Å². The van der Waals surface area contributed by atoms with Crippen LogP contribution in [0.25, 0.3) is 0 Å². The van der Waals surface area contributed by atoms with Crippen LogP contribution in [0.1, 0.15) is 19.8 Å². The average Bonchev–Trinajstić information content (AvgIpc) is 2.21. The molecule has 0 aliphatic carbocycles. The fraction of sp³-hybridized carbons (Fsp3) is 1.00. The molecule has 1 aliphatic heterocycles. The van der Waals surface area contributed by atoms with Gasteiger partial charge in [-0.2, -0.15) is 0 Å². The highest BCUT2D eigenvalue weighted by Gasteiger charge is 2.29. The Bertz CT molecular complexity index is 308. The molecule has 1 fully saturated rings. The normalized spacial score (nSPS) is 22.2. The molecule has 0 aromatic rings. The summed E-state index contributed by atoms with van der Waals surface area (Å²) in [5.74, 6) is 0.0168. The molecule has 0 spiro atoms. The molecule has 6 heteroatoms. The lowest BCUT2D eigenvalue weighted by molar-refractivity contribution is 0.143. The van der Waals surface area contributed by atoms with Crippen LogP contribution in [0.15, 0.2) is 0 Å². The Morgan fingerprint density at radius 3 is 2.44 bits per heavy atom. The maximum atomic E-state index is 11.5. The summed E-state index contributed by atoms with van der Waals surface area (Å²) in [4.78, 5) is 2.27. The fourth-order valence-electron chi connectivity index (χ4n) is 1.85. The van der Waals surface area contributed by atoms with Gasteiger partial charge in [-0.3, -0.25) is 0 Å². The molecule has 0 aromatic heterocycles. The van der Waals surface area contributed by atoms with E-state index in [2.05, 4.69) is 23.6 Å². The average molecular weight is 249 g/mol. The minimum atomic E-state index is -3.17. The lowest BCUT2D eigenvalue weighted by Gasteiger charge is -2.37. The van der Waals surface area contributed by atoms with E-state index >= 15 is 0 Å². The molecule has 1 heterocycles. The van der Waals surface area contributed by atoms with Gasteiger partial charge in [-0.05, 0) is 38.4 Å². The van der Waals surface area contributed by atoms with Gasteiger partial charge in [0.15, 0.2) is 0 Å². The summed E-state index contributed by atoms with van der Waals surface area (Å²) in [6.45, 7) is 4.92. The zero-order valence-electron chi connectivity index (χ0n) is 10.2. The summed E-state index contributed by atoms with van der Waals surface area (Å²) in [5, 5.41) is 0. The summed E-state index contributed by atoms with van der Waals surface area (Å²) >= 11 is 0. The largest absolute Gasteiger partial charge is 0.329 e. The first kappa shape index (κ1) is 13.9. The van der Waals surface area contributed by atoms with Crippen LogP contribution in [-0.4, -0.2) is 52.3 Å². The molecule has 1 rings (SSSR count). The molecule has 5 nitrogen and oxygen atoms in total. The Morgan fingerprint density at radius 2 is 1.94 bits per heavy atom. The van der Waals surface area contributed by atoms with Crippen LogP contribution < -0.4 is 10.5 Å². The van der Waals surface area contributed by atoms with Crippen LogP contribution in [0.2, 0.25) is 0 Å². The highest BCUT2D eigenvalue weighted by Crippen LogP contribution is 2.29. The van der Waals surface area contributed by atoms with Crippen LogP contribution >= 0.6 is 0 Å². The van der Waals surface area contributed by atoms with E-state index in [4.69, 9.17) is 5.73 Å². The number of nitrogens with two attached hydrogens (primary N) is 1. The number of piperidine rings is 1. The summed E-state index contributed by atoms with van der Waals surface area (Å²) in [7, 11) is -1.08. The highest BCUT2D eigenvalue weighted by atomic mass is 32.2. The van der Waals surface area contributed by atoms with E-state index in [1.54, 1.807) is 0 Å². The van der Waals surface area contributed by atoms with E-state index in [1.165, 1.54) is 0 Å². The van der Waals surface area contributed by atoms with Gasteiger partial charge in [0.05, 0.1) is 5.75 Å². The van der Waals surface area contributed by atoms with E-state index in [0.29, 0.717) is 6.54 Å². The lowest BCUT2D eigenvalue weighted by Crippen LogP contribution is -2.44. The first-order chi connectivity index (χ1) is 7.37. The van der Waals surface area contributed by atoms with Crippen LogP contribution in [0.3, 0.4) is 0 Å². The Morgan fingerprint density at radius 1 is 1.38 bits per heavy atom. The van der Waals surface area contributed by atoms with Crippen LogP contribution in [0.5, 0.6) is 0 Å². The smallest absolute Gasteiger partial charge is 0.212 e. The Hall–Kier alpha value is -0.170. The third-order valence-corrected chi connectivity index (χ3v) is 4.66. The van der Waals surface area contributed by atoms with Gasteiger partial charge in [0.2, 0.25) is 10.0 Å². The van der Waals surface area contributed by atoms with Crippen LogP contribution in [-0.2, 0) is 10.0 Å². The first-order valence-corrected chi connectivity index (χ1v) is 7.38. The van der Waals surface area contributed by atoms with E-state index in [9.17, 15) is 8.42 Å². The Labute approximate surface area is 98.4 Å². The Balaban J connectivity index is 2.42. The number of sulfonamides is 1. The summed E-state index contributed by atoms with van der Waals surface area (Å²) < 4.78 is 25.6. The van der Waals surface area contributed by atoms with E-state index in [0.717, 1.165) is 25.9 Å². The number of likely N-dealkylation sites (tertiary alicyclic amines) is 1. The number of hydrogen-bond donors (Lipinski definition) is 2. The number of hydrogen-bond acceptors (Lipinski definition) is 4. The molecule has 1 aliphatic rings. The van der Waals surface area contributed by atoms with Gasteiger partial charge in [-0.25, -0.2) is 13.1 Å². The summed E-state index contributed by atoms with van der Waals surface area (Å²) in [6, 6.07) is 0. The molecular formula is C10H23N3O2S. The molecule has 0 radical (unpaired) electrons. The van der Waals surface area contributed by atoms with Crippen molar-refractivity contribution in [2.75, 3.05) is 39.0 Å². The van der Waals surface area contributed by atoms with Crippen molar-refractivity contribution in [3.63, 3.8) is 0 Å². The molecule has 0 bridgehead atoms. The highest BCUT2D eigenvalue weighted by molar-refractivity contribution is 7.89. The van der Waals surface area contributed by atoms with Gasteiger partial charge < -0.3 is 10.6 Å².